The molecule has 1 N–H and O–H groups in total. The predicted molar refractivity (Wildman–Crippen MR) is 116 cm³/mol. The summed E-state index contributed by atoms with van der Waals surface area (Å²) >= 11 is 0.787. The summed E-state index contributed by atoms with van der Waals surface area (Å²) in [6.45, 7) is 1.83. The summed E-state index contributed by atoms with van der Waals surface area (Å²) < 4.78 is 1.71. The molecular formula is C21H16N4O4S. The van der Waals surface area contributed by atoms with E-state index in [2.05, 4.69) is 10.3 Å². The van der Waals surface area contributed by atoms with E-state index in [9.17, 15) is 19.7 Å². The number of hydrogen-bond acceptors (Lipinski definition) is 6. The maximum absolute atomic E-state index is 13.0. The topological polar surface area (TPSA) is 107 Å². The summed E-state index contributed by atoms with van der Waals surface area (Å²) in [6.07, 6.45) is 2.77. The number of anilines is 1. The van der Waals surface area contributed by atoms with Gasteiger partial charge in [0.2, 0.25) is 5.91 Å². The lowest BCUT2D eigenvalue weighted by atomic mass is 10.0. The summed E-state index contributed by atoms with van der Waals surface area (Å²) in [5, 5.41) is 13.9. The van der Waals surface area contributed by atoms with Crippen molar-refractivity contribution >= 4 is 38.3 Å². The molecule has 2 aromatic carbocycles. The van der Waals surface area contributed by atoms with Gasteiger partial charge in [0.25, 0.3) is 0 Å². The van der Waals surface area contributed by atoms with Crippen LogP contribution in [0.2, 0.25) is 0 Å². The van der Waals surface area contributed by atoms with Gasteiger partial charge in [-0.2, -0.15) is 0 Å². The van der Waals surface area contributed by atoms with Crippen molar-refractivity contribution < 1.29 is 9.72 Å². The SMILES string of the molecule is Cc1ccc2c(=O)c(-c3ccccc3)cn(CC(=O)Nc3ncc([N+](=O)[O-])s3)c2c1. The summed E-state index contributed by atoms with van der Waals surface area (Å²) in [7, 11) is 0. The first-order chi connectivity index (χ1) is 14.4. The second-order valence-corrected chi connectivity index (χ2v) is 7.70. The van der Waals surface area contributed by atoms with E-state index in [1.54, 1.807) is 16.8 Å². The van der Waals surface area contributed by atoms with Crippen LogP contribution in [0.1, 0.15) is 5.56 Å². The van der Waals surface area contributed by atoms with Crippen molar-refractivity contribution in [2.45, 2.75) is 13.5 Å². The molecule has 0 aliphatic carbocycles. The lowest BCUT2D eigenvalue weighted by Crippen LogP contribution is -2.21. The Bertz CT molecular complexity index is 1330. The van der Waals surface area contributed by atoms with Crippen molar-refractivity contribution in [3.63, 3.8) is 0 Å². The quantitative estimate of drug-likeness (QED) is 0.388. The first kappa shape index (κ1) is 19.5. The highest BCUT2D eigenvalue weighted by atomic mass is 32.1. The van der Waals surface area contributed by atoms with Gasteiger partial charge < -0.3 is 9.88 Å². The largest absolute Gasteiger partial charge is 0.345 e. The van der Waals surface area contributed by atoms with Crippen LogP contribution in [0.5, 0.6) is 0 Å². The Morgan fingerprint density at radius 1 is 1.23 bits per heavy atom. The van der Waals surface area contributed by atoms with Crippen LogP contribution >= 0.6 is 11.3 Å². The Morgan fingerprint density at radius 2 is 2.00 bits per heavy atom. The van der Waals surface area contributed by atoms with E-state index >= 15 is 0 Å². The van der Waals surface area contributed by atoms with Crippen molar-refractivity contribution in [3.05, 3.63) is 86.8 Å². The summed E-state index contributed by atoms with van der Waals surface area (Å²) in [5.41, 5.74) is 2.74. The number of amides is 1. The van der Waals surface area contributed by atoms with E-state index < -0.39 is 10.8 Å². The van der Waals surface area contributed by atoms with Gasteiger partial charge in [-0.1, -0.05) is 36.4 Å². The third-order valence-electron chi connectivity index (χ3n) is 4.56. The van der Waals surface area contributed by atoms with Crippen LogP contribution in [0, 0.1) is 17.0 Å². The number of nitrogens with one attached hydrogen (secondary N) is 1. The molecule has 150 valence electrons. The number of fused-ring (bicyclic) bond motifs is 1. The highest BCUT2D eigenvalue weighted by Crippen LogP contribution is 2.25. The monoisotopic (exact) mass is 420 g/mol. The van der Waals surface area contributed by atoms with Crippen LogP contribution in [0.4, 0.5) is 10.1 Å². The van der Waals surface area contributed by atoms with Crippen molar-refractivity contribution in [2.75, 3.05) is 5.32 Å². The highest BCUT2D eigenvalue weighted by molar-refractivity contribution is 7.18. The molecule has 2 aromatic heterocycles. The second kappa shape index (κ2) is 7.88. The Labute approximate surface area is 174 Å². The zero-order valence-electron chi connectivity index (χ0n) is 15.9. The lowest BCUT2D eigenvalue weighted by molar-refractivity contribution is -0.380. The summed E-state index contributed by atoms with van der Waals surface area (Å²) in [4.78, 5) is 39.8. The lowest BCUT2D eigenvalue weighted by Gasteiger charge is -2.14. The van der Waals surface area contributed by atoms with Crippen LogP contribution in [0.3, 0.4) is 0 Å². The van der Waals surface area contributed by atoms with Crippen molar-refractivity contribution in [1.29, 1.82) is 0 Å². The molecule has 0 unspecified atom stereocenters. The number of benzene rings is 2. The normalized spacial score (nSPS) is 10.8. The second-order valence-electron chi connectivity index (χ2n) is 6.70. The molecule has 8 nitrogen and oxygen atoms in total. The molecular weight excluding hydrogens is 404 g/mol. The minimum absolute atomic E-state index is 0.0759. The average molecular weight is 420 g/mol. The standard InChI is InChI=1S/C21H16N4O4S/c1-13-7-8-15-17(9-13)24(11-16(20(15)27)14-5-3-2-4-6-14)12-18(26)23-21-22-10-19(30-21)25(28)29/h2-11H,12H2,1H3,(H,22,23,26). The molecule has 0 saturated heterocycles. The molecule has 0 aliphatic heterocycles. The number of nitrogens with zero attached hydrogens (tertiary/aromatic N) is 3. The Balaban J connectivity index is 1.74. The molecule has 30 heavy (non-hydrogen) atoms. The van der Waals surface area contributed by atoms with Crippen LogP contribution in [-0.2, 0) is 11.3 Å². The zero-order valence-corrected chi connectivity index (χ0v) is 16.7. The smallest absolute Gasteiger partial charge is 0.337 e. The van der Waals surface area contributed by atoms with E-state index in [0.717, 1.165) is 28.7 Å². The maximum Gasteiger partial charge on any atom is 0.345 e. The number of nitro groups is 1. The molecule has 0 saturated carbocycles. The van der Waals surface area contributed by atoms with Gasteiger partial charge >= 0.3 is 5.00 Å². The van der Waals surface area contributed by atoms with E-state index in [1.807, 2.05) is 49.4 Å². The minimum atomic E-state index is -0.558. The van der Waals surface area contributed by atoms with Crippen LogP contribution < -0.4 is 10.7 Å². The number of carbonyl (C=O) groups excluding carboxylic acids is 1. The molecule has 2 heterocycles. The van der Waals surface area contributed by atoms with Crippen LogP contribution in [0.15, 0.2) is 65.7 Å². The first-order valence-corrected chi connectivity index (χ1v) is 9.83. The fourth-order valence-electron chi connectivity index (χ4n) is 3.18. The number of thiazole rings is 1. The van der Waals surface area contributed by atoms with E-state index in [0.29, 0.717) is 16.5 Å². The van der Waals surface area contributed by atoms with Gasteiger partial charge in [0.1, 0.15) is 12.7 Å². The van der Waals surface area contributed by atoms with Gasteiger partial charge in [-0.15, -0.1) is 0 Å². The molecule has 0 atom stereocenters. The van der Waals surface area contributed by atoms with Crippen LogP contribution in [-0.4, -0.2) is 20.4 Å². The molecule has 0 bridgehead atoms. The zero-order chi connectivity index (χ0) is 21.3. The number of carbonyl (C=O) groups is 1. The third-order valence-corrected chi connectivity index (χ3v) is 5.42. The fourth-order valence-corrected chi connectivity index (χ4v) is 3.82. The number of hydrogen-bond donors (Lipinski definition) is 1. The van der Waals surface area contributed by atoms with E-state index in [4.69, 9.17) is 0 Å². The Hall–Kier alpha value is -3.85. The molecule has 0 aliphatic rings. The Kier molecular flexibility index (Phi) is 5.11. The fraction of sp³-hybridized carbons (Fsp3) is 0.0952. The van der Waals surface area contributed by atoms with Gasteiger partial charge in [-0.3, -0.25) is 19.7 Å². The van der Waals surface area contributed by atoms with E-state index in [-0.39, 0.29) is 22.1 Å². The highest BCUT2D eigenvalue weighted by Gasteiger charge is 2.16. The number of aryl methyl sites for hydroxylation is 1. The Morgan fingerprint density at radius 3 is 2.70 bits per heavy atom. The van der Waals surface area contributed by atoms with Crippen molar-refractivity contribution in [2.24, 2.45) is 0 Å². The van der Waals surface area contributed by atoms with Crippen molar-refractivity contribution in [1.82, 2.24) is 9.55 Å². The van der Waals surface area contributed by atoms with Gasteiger partial charge in [-0.25, -0.2) is 4.98 Å². The van der Waals surface area contributed by atoms with Gasteiger partial charge in [-0.05, 0) is 41.5 Å². The van der Waals surface area contributed by atoms with Crippen molar-refractivity contribution in [3.8, 4) is 11.1 Å². The number of aromatic nitrogens is 2. The summed E-state index contributed by atoms with van der Waals surface area (Å²) in [6, 6.07) is 14.7. The predicted octanol–water partition coefficient (Wildman–Crippen LogP) is 3.98. The van der Waals surface area contributed by atoms with E-state index in [1.165, 1.54) is 0 Å². The molecule has 4 rings (SSSR count). The number of pyridine rings is 1. The molecule has 0 radical (unpaired) electrons. The number of rotatable bonds is 5. The summed E-state index contributed by atoms with van der Waals surface area (Å²) in [5.74, 6) is -0.398. The first-order valence-electron chi connectivity index (χ1n) is 9.01. The third kappa shape index (κ3) is 3.83. The molecule has 0 spiro atoms. The van der Waals surface area contributed by atoms with Gasteiger partial charge in [0.15, 0.2) is 10.6 Å². The van der Waals surface area contributed by atoms with Gasteiger partial charge in [0, 0.05) is 17.1 Å². The molecule has 1 amide bonds. The maximum atomic E-state index is 13.0. The van der Waals surface area contributed by atoms with Gasteiger partial charge in [0.05, 0.1) is 10.4 Å². The van der Waals surface area contributed by atoms with Crippen LogP contribution in [0.25, 0.3) is 22.0 Å². The molecule has 9 heteroatoms. The molecule has 0 fully saturated rings. The minimum Gasteiger partial charge on any atom is -0.337 e. The average Bonchev–Trinajstić information content (AvgIpc) is 3.19. The molecule has 4 aromatic rings.